The lowest BCUT2D eigenvalue weighted by atomic mass is 10.0. The molecule has 1 aromatic heterocycles. The van der Waals surface area contributed by atoms with Crippen molar-refractivity contribution in [2.24, 2.45) is 0 Å². The molecule has 1 unspecified atom stereocenters. The minimum Gasteiger partial charge on any atom is -0.392 e. The van der Waals surface area contributed by atoms with Crippen LogP contribution >= 0.6 is 11.6 Å². The predicted molar refractivity (Wildman–Crippen MR) is 63.4 cm³/mol. The number of hydrogen-bond donors (Lipinski definition) is 2. The van der Waals surface area contributed by atoms with Gasteiger partial charge in [0, 0.05) is 35.8 Å². The molecule has 0 aliphatic heterocycles. The van der Waals surface area contributed by atoms with E-state index >= 15 is 0 Å². The number of hydrogen-bond acceptors (Lipinski definition) is 2. The van der Waals surface area contributed by atoms with Crippen molar-refractivity contribution in [1.29, 1.82) is 0 Å². The average molecular weight is 255 g/mol. The van der Waals surface area contributed by atoms with E-state index in [0.29, 0.717) is 22.8 Å². The Hall–Kier alpha value is -1.39. The van der Waals surface area contributed by atoms with Crippen LogP contribution in [0.25, 0.3) is 0 Å². The minimum absolute atomic E-state index is 0.173. The zero-order valence-electron chi connectivity index (χ0n) is 9.03. The van der Waals surface area contributed by atoms with Crippen LogP contribution in [0.5, 0.6) is 0 Å². The normalized spacial score (nSPS) is 12.6. The van der Waals surface area contributed by atoms with E-state index in [1.807, 2.05) is 0 Å². The molecule has 0 amide bonds. The molecule has 1 atom stereocenters. The maximum Gasteiger partial charge on any atom is 0.127 e. The first kappa shape index (κ1) is 12.1. The Kier molecular flexibility index (Phi) is 3.76. The largest absolute Gasteiger partial charge is 0.392 e. The summed E-state index contributed by atoms with van der Waals surface area (Å²) in [4.78, 5) is 6.89. The number of halogens is 2. The van der Waals surface area contributed by atoms with E-state index in [9.17, 15) is 9.50 Å². The molecule has 1 heterocycles. The van der Waals surface area contributed by atoms with Gasteiger partial charge >= 0.3 is 0 Å². The first-order valence-corrected chi connectivity index (χ1v) is 5.64. The third-order valence-corrected chi connectivity index (χ3v) is 2.84. The fraction of sp³-hybridized carbons (Fsp3) is 0.250. The van der Waals surface area contributed by atoms with Crippen molar-refractivity contribution >= 4 is 11.6 Å². The van der Waals surface area contributed by atoms with Gasteiger partial charge in [0.25, 0.3) is 0 Å². The van der Waals surface area contributed by atoms with Gasteiger partial charge in [0.05, 0.1) is 6.10 Å². The molecule has 5 heteroatoms. The van der Waals surface area contributed by atoms with Gasteiger partial charge in [-0.05, 0) is 12.1 Å². The lowest BCUT2D eigenvalue weighted by Crippen LogP contribution is -2.16. The molecule has 0 saturated heterocycles. The van der Waals surface area contributed by atoms with Crippen molar-refractivity contribution in [3.63, 3.8) is 0 Å². The fourth-order valence-corrected chi connectivity index (χ4v) is 1.91. The molecule has 0 spiro atoms. The number of aliphatic hydroxyl groups is 1. The SMILES string of the molecule is OC(Cc1ncc[nH]1)Cc1c(F)cccc1Cl. The van der Waals surface area contributed by atoms with Gasteiger partial charge in [-0.25, -0.2) is 9.37 Å². The summed E-state index contributed by atoms with van der Waals surface area (Å²) in [7, 11) is 0. The molecule has 1 aromatic carbocycles. The number of nitrogens with zero attached hydrogens (tertiary/aromatic N) is 1. The first-order chi connectivity index (χ1) is 8.16. The van der Waals surface area contributed by atoms with Crippen LogP contribution in [0.1, 0.15) is 11.4 Å². The van der Waals surface area contributed by atoms with E-state index in [-0.39, 0.29) is 6.42 Å². The van der Waals surface area contributed by atoms with E-state index in [0.717, 1.165) is 0 Å². The zero-order chi connectivity index (χ0) is 12.3. The molecule has 0 saturated carbocycles. The van der Waals surface area contributed by atoms with Gasteiger partial charge in [0.2, 0.25) is 0 Å². The average Bonchev–Trinajstić information content (AvgIpc) is 2.76. The van der Waals surface area contributed by atoms with Crippen LogP contribution in [0, 0.1) is 5.82 Å². The van der Waals surface area contributed by atoms with Gasteiger partial charge in [-0.1, -0.05) is 17.7 Å². The van der Waals surface area contributed by atoms with Crippen LogP contribution in [0.2, 0.25) is 5.02 Å². The van der Waals surface area contributed by atoms with Crippen LogP contribution in [0.15, 0.2) is 30.6 Å². The number of nitrogens with one attached hydrogen (secondary N) is 1. The summed E-state index contributed by atoms with van der Waals surface area (Å²) < 4.78 is 13.5. The molecule has 2 aromatic rings. The monoisotopic (exact) mass is 254 g/mol. The third-order valence-electron chi connectivity index (χ3n) is 2.49. The number of aromatic amines is 1. The van der Waals surface area contributed by atoms with Crippen LogP contribution in [0.3, 0.4) is 0 Å². The number of H-pyrrole nitrogens is 1. The van der Waals surface area contributed by atoms with Crippen molar-refractivity contribution in [3.8, 4) is 0 Å². The maximum atomic E-state index is 13.5. The lowest BCUT2D eigenvalue weighted by Gasteiger charge is -2.11. The van der Waals surface area contributed by atoms with E-state index in [2.05, 4.69) is 9.97 Å². The Morgan fingerprint density at radius 3 is 2.88 bits per heavy atom. The quantitative estimate of drug-likeness (QED) is 0.880. The van der Waals surface area contributed by atoms with Gasteiger partial charge in [0.1, 0.15) is 11.6 Å². The molecule has 0 aliphatic rings. The van der Waals surface area contributed by atoms with Gasteiger partial charge in [-0.15, -0.1) is 0 Å². The standard InChI is InChI=1S/C12H12ClFN2O/c13-10-2-1-3-11(14)9(10)6-8(17)7-12-15-4-5-16-12/h1-5,8,17H,6-7H2,(H,15,16). The molecule has 0 aliphatic carbocycles. The van der Waals surface area contributed by atoms with Crippen LogP contribution in [-0.4, -0.2) is 21.2 Å². The van der Waals surface area contributed by atoms with Gasteiger partial charge < -0.3 is 10.1 Å². The van der Waals surface area contributed by atoms with Crippen LogP contribution in [-0.2, 0) is 12.8 Å². The van der Waals surface area contributed by atoms with Crippen molar-refractivity contribution < 1.29 is 9.50 Å². The second-order valence-electron chi connectivity index (χ2n) is 3.80. The third kappa shape index (κ3) is 3.05. The second kappa shape index (κ2) is 5.29. The number of aromatic nitrogens is 2. The van der Waals surface area contributed by atoms with Crippen LogP contribution in [0.4, 0.5) is 4.39 Å². The van der Waals surface area contributed by atoms with E-state index in [1.54, 1.807) is 24.5 Å². The summed E-state index contributed by atoms with van der Waals surface area (Å²) in [6.07, 6.45) is 3.09. The highest BCUT2D eigenvalue weighted by atomic mass is 35.5. The predicted octanol–water partition coefficient (Wildman–Crippen LogP) is 2.35. The van der Waals surface area contributed by atoms with Gasteiger partial charge in [-0.3, -0.25) is 0 Å². The Bertz CT molecular complexity index is 467. The molecule has 2 rings (SSSR count). The molecule has 0 bridgehead atoms. The van der Waals surface area contributed by atoms with Crippen molar-refractivity contribution in [3.05, 3.63) is 52.8 Å². The number of benzene rings is 1. The lowest BCUT2D eigenvalue weighted by molar-refractivity contribution is 0.172. The molecular weight excluding hydrogens is 243 g/mol. The van der Waals surface area contributed by atoms with E-state index in [4.69, 9.17) is 11.6 Å². The van der Waals surface area contributed by atoms with Gasteiger partial charge in [0.15, 0.2) is 0 Å². The Labute approximate surface area is 103 Å². The van der Waals surface area contributed by atoms with E-state index < -0.39 is 11.9 Å². The maximum absolute atomic E-state index is 13.5. The number of imidazole rings is 1. The Balaban J connectivity index is 2.05. The summed E-state index contributed by atoms with van der Waals surface area (Å²) in [5.74, 6) is 0.279. The molecule has 0 fully saturated rings. The summed E-state index contributed by atoms with van der Waals surface area (Å²) in [5, 5.41) is 10.2. The number of aliphatic hydroxyl groups excluding tert-OH is 1. The van der Waals surface area contributed by atoms with Crippen molar-refractivity contribution in [2.45, 2.75) is 18.9 Å². The molecule has 90 valence electrons. The van der Waals surface area contributed by atoms with E-state index in [1.165, 1.54) is 6.07 Å². The highest BCUT2D eigenvalue weighted by Crippen LogP contribution is 2.21. The second-order valence-corrected chi connectivity index (χ2v) is 4.21. The summed E-state index contributed by atoms with van der Waals surface area (Å²) in [5.41, 5.74) is 0.341. The Morgan fingerprint density at radius 2 is 2.24 bits per heavy atom. The molecule has 2 N–H and O–H groups in total. The van der Waals surface area contributed by atoms with Gasteiger partial charge in [-0.2, -0.15) is 0 Å². The molecule has 0 radical (unpaired) electrons. The molecule has 17 heavy (non-hydrogen) atoms. The highest BCUT2D eigenvalue weighted by Gasteiger charge is 2.14. The number of rotatable bonds is 4. The molecular formula is C12H12ClFN2O. The first-order valence-electron chi connectivity index (χ1n) is 5.26. The fourth-order valence-electron chi connectivity index (χ4n) is 1.67. The van der Waals surface area contributed by atoms with Crippen molar-refractivity contribution in [2.75, 3.05) is 0 Å². The zero-order valence-corrected chi connectivity index (χ0v) is 9.78. The Morgan fingerprint density at radius 1 is 1.41 bits per heavy atom. The summed E-state index contributed by atoms with van der Waals surface area (Å²) in [6, 6.07) is 4.49. The minimum atomic E-state index is -0.712. The summed E-state index contributed by atoms with van der Waals surface area (Å²) in [6.45, 7) is 0. The van der Waals surface area contributed by atoms with Crippen molar-refractivity contribution in [1.82, 2.24) is 9.97 Å². The molecule has 3 nitrogen and oxygen atoms in total. The smallest absolute Gasteiger partial charge is 0.127 e. The topological polar surface area (TPSA) is 48.9 Å². The highest BCUT2D eigenvalue weighted by molar-refractivity contribution is 6.31. The van der Waals surface area contributed by atoms with Crippen LogP contribution < -0.4 is 0 Å². The summed E-state index contributed by atoms with van der Waals surface area (Å²) >= 11 is 5.88.